The number of hydrogen-bond donors (Lipinski definition) is 1. The first-order chi connectivity index (χ1) is 8.45. The maximum atomic E-state index is 11.1. The Morgan fingerprint density at radius 1 is 1.50 bits per heavy atom. The molecule has 18 heavy (non-hydrogen) atoms. The number of carbonyl (C=O) groups is 1. The third kappa shape index (κ3) is 3.12. The number of likely N-dealkylation sites (tertiary alicyclic amines) is 1. The first kappa shape index (κ1) is 13.6. The highest BCUT2D eigenvalue weighted by Gasteiger charge is 2.29. The van der Waals surface area contributed by atoms with Crippen LogP contribution < -0.4 is 0 Å². The topological polar surface area (TPSA) is 40.5 Å². The molecule has 1 fully saturated rings. The molecule has 1 N–H and O–H groups in total. The predicted molar refractivity (Wildman–Crippen MR) is 74.0 cm³/mol. The number of piperidine rings is 1. The number of hydrogen-bond acceptors (Lipinski definition) is 3. The summed E-state index contributed by atoms with van der Waals surface area (Å²) >= 11 is 1.82. The van der Waals surface area contributed by atoms with E-state index in [1.54, 1.807) is 0 Å². The van der Waals surface area contributed by atoms with E-state index >= 15 is 0 Å². The molecule has 100 valence electrons. The Hall–Kier alpha value is -0.870. The van der Waals surface area contributed by atoms with Crippen molar-refractivity contribution < 1.29 is 9.90 Å². The molecule has 0 aromatic carbocycles. The lowest BCUT2D eigenvalue weighted by molar-refractivity contribution is -0.144. The zero-order valence-electron chi connectivity index (χ0n) is 11.3. The molecule has 0 spiro atoms. The van der Waals surface area contributed by atoms with Crippen LogP contribution in [-0.2, 0) is 11.3 Å². The van der Waals surface area contributed by atoms with Gasteiger partial charge >= 0.3 is 5.97 Å². The maximum absolute atomic E-state index is 11.1. The van der Waals surface area contributed by atoms with Gasteiger partial charge in [-0.2, -0.15) is 0 Å². The van der Waals surface area contributed by atoms with Crippen molar-refractivity contribution in [1.82, 2.24) is 4.90 Å². The highest BCUT2D eigenvalue weighted by molar-refractivity contribution is 7.12. The monoisotopic (exact) mass is 267 g/mol. The van der Waals surface area contributed by atoms with Gasteiger partial charge in [-0.1, -0.05) is 6.92 Å². The van der Waals surface area contributed by atoms with Crippen LogP contribution in [-0.4, -0.2) is 29.1 Å². The summed E-state index contributed by atoms with van der Waals surface area (Å²) in [5, 5.41) is 9.17. The van der Waals surface area contributed by atoms with Crippen LogP contribution in [0.5, 0.6) is 0 Å². The van der Waals surface area contributed by atoms with Crippen molar-refractivity contribution in [3.63, 3.8) is 0 Å². The minimum atomic E-state index is -0.648. The van der Waals surface area contributed by atoms with Gasteiger partial charge in [-0.05, 0) is 37.8 Å². The van der Waals surface area contributed by atoms with Crippen molar-refractivity contribution in [2.24, 2.45) is 11.8 Å². The Morgan fingerprint density at radius 2 is 2.22 bits per heavy atom. The third-order valence-electron chi connectivity index (χ3n) is 3.62. The molecular formula is C14H21NO2S. The Kier molecular flexibility index (Phi) is 4.07. The molecule has 2 unspecified atom stereocenters. The van der Waals surface area contributed by atoms with Gasteiger partial charge in [0.2, 0.25) is 0 Å². The molecule has 1 aliphatic heterocycles. The molecule has 0 saturated carbocycles. The lowest BCUT2D eigenvalue weighted by atomic mass is 9.90. The van der Waals surface area contributed by atoms with Gasteiger partial charge in [0.05, 0.1) is 5.92 Å². The lowest BCUT2D eigenvalue weighted by Crippen LogP contribution is -2.41. The second-order valence-electron chi connectivity index (χ2n) is 5.51. The van der Waals surface area contributed by atoms with E-state index in [1.165, 1.54) is 15.3 Å². The number of aryl methyl sites for hydroxylation is 2. The number of carboxylic acid groups (broad SMARTS) is 1. The van der Waals surface area contributed by atoms with Crippen LogP contribution >= 0.6 is 11.3 Å². The van der Waals surface area contributed by atoms with Crippen LogP contribution in [0.4, 0.5) is 0 Å². The molecule has 3 nitrogen and oxygen atoms in total. The van der Waals surface area contributed by atoms with Crippen molar-refractivity contribution in [2.45, 2.75) is 33.7 Å². The Morgan fingerprint density at radius 3 is 2.78 bits per heavy atom. The first-order valence-electron chi connectivity index (χ1n) is 6.46. The molecule has 2 atom stereocenters. The van der Waals surface area contributed by atoms with Gasteiger partial charge < -0.3 is 5.11 Å². The first-order valence-corrected chi connectivity index (χ1v) is 7.28. The number of thiophene rings is 1. The van der Waals surface area contributed by atoms with E-state index in [-0.39, 0.29) is 5.92 Å². The molecule has 2 rings (SSSR count). The zero-order valence-corrected chi connectivity index (χ0v) is 12.1. The summed E-state index contributed by atoms with van der Waals surface area (Å²) in [4.78, 5) is 16.1. The van der Waals surface area contributed by atoms with E-state index in [2.05, 4.69) is 31.7 Å². The van der Waals surface area contributed by atoms with Crippen molar-refractivity contribution in [1.29, 1.82) is 0 Å². The quantitative estimate of drug-likeness (QED) is 0.915. The Balaban J connectivity index is 2.04. The fourth-order valence-electron chi connectivity index (χ4n) is 2.85. The van der Waals surface area contributed by atoms with Gasteiger partial charge in [0.15, 0.2) is 0 Å². The van der Waals surface area contributed by atoms with Gasteiger partial charge in [0, 0.05) is 29.4 Å². The Bertz CT molecular complexity index is 441. The van der Waals surface area contributed by atoms with Gasteiger partial charge in [0.25, 0.3) is 0 Å². The Labute approximate surface area is 112 Å². The molecule has 0 bridgehead atoms. The molecule has 0 aliphatic carbocycles. The molecular weight excluding hydrogens is 246 g/mol. The van der Waals surface area contributed by atoms with Crippen LogP contribution in [0.1, 0.15) is 28.7 Å². The number of carboxylic acids is 1. The number of nitrogens with zero attached hydrogens (tertiary/aromatic N) is 1. The molecule has 0 radical (unpaired) electrons. The van der Waals surface area contributed by atoms with Gasteiger partial charge in [0.1, 0.15) is 0 Å². The normalized spacial score (nSPS) is 25.3. The highest BCUT2D eigenvalue weighted by atomic mass is 32.1. The smallest absolute Gasteiger partial charge is 0.307 e. The summed E-state index contributed by atoms with van der Waals surface area (Å²) < 4.78 is 0. The number of rotatable bonds is 3. The molecule has 0 amide bonds. The van der Waals surface area contributed by atoms with Crippen molar-refractivity contribution >= 4 is 17.3 Å². The van der Waals surface area contributed by atoms with Crippen LogP contribution in [0.25, 0.3) is 0 Å². The predicted octanol–water partition coefficient (Wildman–Crippen LogP) is 2.91. The van der Waals surface area contributed by atoms with E-state index in [0.717, 1.165) is 19.5 Å². The van der Waals surface area contributed by atoms with Crippen molar-refractivity contribution in [3.8, 4) is 0 Å². The summed E-state index contributed by atoms with van der Waals surface area (Å²) in [7, 11) is 0. The zero-order chi connectivity index (χ0) is 13.3. The average molecular weight is 267 g/mol. The largest absolute Gasteiger partial charge is 0.481 e. The summed E-state index contributed by atoms with van der Waals surface area (Å²) in [5.41, 5.74) is 1.36. The summed E-state index contributed by atoms with van der Waals surface area (Å²) in [6.45, 7) is 9.01. The van der Waals surface area contributed by atoms with Crippen LogP contribution in [0.15, 0.2) is 6.07 Å². The lowest BCUT2D eigenvalue weighted by Gasteiger charge is -2.34. The van der Waals surface area contributed by atoms with E-state index in [1.807, 2.05) is 11.3 Å². The fraction of sp³-hybridized carbons (Fsp3) is 0.643. The van der Waals surface area contributed by atoms with E-state index in [4.69, 9.17) is 0 Å². The molecule has 1 aromatic heterocycles. The van der Waals surface area contributed by atoms with Crippen molar-refractivity contribution in [2.75, 3.05) is 13.1 Å². The maximum Gasteiger partial charge on any atom is 0.307 e. The fourth-order valence-corrected chi connectivity index (χ4v) is 3.79. The van der Waals surface area contributed by atoms with E-state index in [0.29, 0.717) is 12.5 Å². The third-order valence-corrected chi connectivity index (χ3v) is 4.63. The van der Waals surface area contributed by atoms with Crippen LogP contribution in [0.3, 0.4) is 0 Å². The average Bonchev–Trinajstić information content (AvgIpc) is 2.56. The summed E-state index contributed by atoms with van der Waals surface area (Å²) in [6.07, 6.45) is 0.813. The van der Waals surface area contributed by atoms with Gasteiger partial charge in [-0.25, -0.2) is 0 Å². The van der Waals surface area contributed by atoms with Crippen molar-refractivity contribution in [3.05, 3.63) is 21.4 Å². The molecule has 1 aliphatic rings. The number of aliphatic carboxylic acids is 1. The second-order valence-corrected chi connectivity index (χ2v) is 6.97. The summed E-state index contributed by atoms with van der Waals surface area (Å²) in [6, 6.07) is 2.23. The molecule has 1 aromatic rings. The van der Waals surface area contributed by atoms with Gasteiger partial charge in [-0.15, -0.1) is 11.3 Å². The standard InChI is InChI=1S/C14H21NO2S/c1-9-4-13(14(16)17)8-15(6-9)7-12-5-10(2)18-11(12)3/h5,9,13H,4,6-8H2,1-3H3,(H,16,17). The van der Waals surface area contributed by atoms with Crippen LogP contribution in [0, 0.1) is 25.7 Å². The second kappa shape index (κ2) is 5.41. The summed E-state index contributed by atoms with van der Waals surface area (Å²) in [5.74, 6) is -0.376. The molecule has 1 saturated heterocycles. The van der Waals surface area contributed by atoms with Gasteiger partial charge in [-0.3, -0.25) is 9.69 Å². The molecule has 4 heteroatoms. The minimum Gasteiger partial charge on any atom is -0.481 e. The minimum absolute atomic E-state index is 0.200. The van der Waals surface area contributed by atoms with E-state index in [9.17, 15) is 9.90 Å². The molecule has 2 heterocycles. The van der Waals surface area contributed by atoms with E-state index < -0.39 is 5.97 Å². The highest BCUT2D eigenvalue weighted by Crippen LogP contribution is 2.26. The SMILES string of the molecule is Cc1cc(CN2CC(C)CC(C(=O)O)C2)c(C)s1. The van der Waals surface area contributed by atoms with Crippen LogP contribution in [0.2, 0.25) is 0 Å².